The molecule has 3 rings (SSSR count). The van der Waals surface area contributed by atoms with Crippen LogP contribution in [0.4, 0.5) is 14.9 Å². The van der Waals surface area contributed by atoms with Gasteiger partial charge in [0.15, 0.2) is 0 Å². The van der Waals surface area contributed by atoms with Gasteiger partial charge in [0.25, 0.3) is 5.89 Å². The van der Waals surface area contributed by atoms with Crippen molar-refractivity contribution in [2.45, 2.75) is 6.42 Å². The Labute approximate surface area is 137 Å². The molecule has 2 aromatic carbocycles. The van der Waals surface area contributed by atoms with E-state index in [1.54, 1.807) is 30.3 Å². The highest BCUT2D eigenvalue weighted by Crippen LogP contribution is 2.20. The fraction of sp³-hybridized carbons (Fsp3) is 0.118. The maximum atomic E-state index is 13.7. The van der Waals surface area contributed by atoms with Crippen LogP contribution in [0.3, 0.4) is 0 Å². The van der Waals surface area contributed by atoms with Gasteiger partial charge in [0.05, 0.1) is 5.56 Å². The summed E-state index contributed by atoms with van der Waals surface area (Å²) in [5.74, 6) is 0.0261. The minimum absolute atomic E-state index is 0.122. The molecule has 0 aliphatic carbocycles. The molecule has 7 heteroatoms. The first-order valence-electron chi connectivity index (χ1n) is 7.39. The number of amides is 2. The SMILES string of the molecule is O=C(NCCc1nnc(-c2ccccc2F)o1)Nc1ccccc1. The molecule has 1 heterocycles. The lowest BCUT2D eigenvalue weighted by molar-refractivity contribution is 0.252. The zero-order valence-electron chi connectivity index (χ0n) is 12.7. The minimum atomic E-state index is -0.423. The average Bonchev–Trinajstić information content (AvgIpc) is 3.05. The zero-order chi connectivity index (χ0) is 16.8. The van der Waals surface area contributed by atoms with Crippen molar-refractivity contribution in [1.82, 2.24) is 15.5 Å². The lowest BCUT2D eigenvalue weighted by Crippen LogP contribution is -2.30. The van der Waals surface area contributed by atoms with Crippen molar-refractivity contribution in [3.63, 3.8) is 0 Å². The molecule has 0 unspecified atom stereocenters. The van der Waals surface area contributed by atoms with Crippen LogP contribution in [0.5, 0.6) is 0 Å². The van der Waals surface area contributed by atoms with Gasteiger partial charge in [-0.1, -0.05) is 30.3 Å². The van der Waals surface area contributed by atoms with Crippen LogP contribution in [-0.2, 0) is 6.42 Å². The van der Waals surface area contributed by atoms with Gasteiger partial charge in [-0.3, -0.25) is 0 Å². The minimum Gasteiger partial charge on any atom is -0.421 e. The van der Waals surface area contributed by atoms with Crippen molar-refractivity contribution in [2.75, 3.05) is 11.9 Å². The van der Waals surface area contributed by atoms with Crippen LogP contribution in [0.15, 0.2) is 59.0 Å². The molecule has 0 saturated carbocycles. The topological polar surface area (TPSA) is 80.1 Å². The van der Waals surface area contributed by atoms with E-state index in [-0.39, 0.29) is 17.5 Å². The number of benzene rings is 2. The molecular weight excluding hydrogens is 311 g/mol. The van der Waals surface area contributed by atoms with Crippen molar-refractivity contribution in [1.29, 1.82) is 0 Å². The molecule has 0 fully saturated rings. The number of urea groups is 1. The molecule has 0 aliphatic rings. The molecule has 2 N–H and O–H groups in total. The molecule has 0 bridgehead atoms. The van der Waals surface area contributed by atoms with E-state index in [0.29, 0.717) is 24.5 Å². The smallest absolute Gasteiger partial charge is 0.319 e. The molecule has 0 radical (unpaired) electrons. The number of nitrogens with zero attached hydrogens (tertiary/aromatic N) is 2. The Hall–Kier alpha value is -3.22. The van der Waals surface area contributed by atoms with E-state index in [0.717, 1.165) is 0 Å². The average molecular weight is 326 g/mol. The largest absolute Gasteiger partial charge is 0.421 e. The maximum absolute atomic E-state index is 13.7. The number of anilines is 1. The summed E-state index contributed by atoms with van der Waals surface area (Å²) in [5, 5.41) is 13.1. The predicted octanol–water partition coefficient (Wildman–Crippen LogP) is 3.24. The van der Waals surface area contributed by atoms with Crippen molar-refractivity contribution >= 4 is 11.7 Å². The standard InChI is InChI=1S/C17H15FN4O2/c18-14-9-5-4-8-13(14)16-22-21-15(24-16)10-11-19-17(23)20-12-6-2-1-3-7-12/h1-9H,10-11H2,(H2,19,20,23). The van der Waals surface area contributed by atoms with Crippen LogP contribution >= 0.6 is 0 Å². The van der Waals surface area contributed by atoms with E-state index < -0.39 is 5.82 Å². The van der Waals surface area contributed by atoms with Crippen LogP contribution in [0, 0.1) is 5.82 Å². The summed E-state index contributed by atoms with van der Waals surface area (Å²) in [4.78, 5) is 11.7. The Balaban J connectivity index is 1.51. The quantitative estimate of drug-likeness (QED) is 0.754. The first-order chi connectivity index (χ1) is 11.7. The zero-order valence-corrected chi connectivity index (χ0v) is 12.7. The fourth-order valence-electron chi connectivity index (χ4n) is 2.08. The van der Waals surface area contributed by atoms with Crippen molar-refractivity contribution in [2.24, 2.45) is 0 Å². The van der Waals surface area contributed by atoms with Crippen molar-refractivity contribution in [3.05, 3.63) is 66.3 Å². The molecular formula is C17H15FN4O2. The van der Waals surface area contributed by atoms with Crippen molar-refractivity contribution in [3.8, 4) is 11.5 Å². The molecule has 2 amide bonds. The normalized spacial score (nSPS) is 10.4. The molecule has 0 spiro atoms. The van der Waals surface area contributed by atoms with E-state index in [9.17, 15) is 9.18 Å². The van der Waals surface area contributed by atoms with Gasteiger partial charge in [-0.25, -0.2) is 9.18 Å². The Bertz CT molecular complexity index is 820. The lowest BCUT2D eigenvalue weighted by Gasteiger charge is -2.06. The van der Waals surface area contributed by atoms with Gasteiger partial charge in [0.2, 0.25) is 5.89 Å². The predicted molar refractivity (Wildman–Crippen MR) is 86.9 cm³/mol. The number of carbonyl (C=O) groups excluding carboxylic acids is 1. The third-order valence-corrected chi connectivity index (χ3v) is 3.23. The third kappa shape index (κ3) is 3.95. The van der Waals surface area contributed by atoms with Crippen LogP contribution < -0.4 is 10.6 Å². The number of aromatic nitrogens is 2. The number of carbonyl (C=O) groups is 1. The molecule has 1 aromatic heterocycles. The number of rotatable bonds is 5. The molecule has 6 nitrogen and oxygen atoms in total. The Morgan fingerprint density at radius 1 is 1.04 bits per heavy atom. The summed E-state index contributed by atoms with van der Waals surface area (Å²) >= 11 is 0. The van der Waals surface area contributed by atoms with Gasteiger partial charge in [0, 0.05) is 18.7 Å². The second kappa shape index (κ2) is 7.36. The maximum Gasteiger partial charge on any atom is 0.319 e. The summed E-state index contributed by atoms with van der Waals surface area (Å²) in [5.41, 5.74) is 0.959. The van der Waals surface area contributed by atoms with Gasteiger partial charge in [0.1, 0.15) is 5.82 Å². The van der Waals surface area contributed by atoms with Gasteiger partial charge >= 0.3 is 6.03 Å². The van der Waals surface area contributed by atoms with Gasteiger partial charge < -0.3 is 15.1 Å². The number of hydrogen-bond acceptors (Lipinski definition) is 4. The number of hydrogen-bond donors (Lipinski definition) is 2. The first-order valence-corrected chi connectivity index (χ1v) is 7.39. The van der Waals surface area contributed by atoms with E-state index in [1.165, 1.54) is 6.07 Å². The number of para-hydroxylation sites is 1. The fourth-order valence-corrected chi connectivity index (χ4v) is 2.08. The van der Waals surface area contributed by atoms with Crippen LogP contribution in [0.2, 0.25) is 0 Å². The second-order valence-corrected chi connectivity index (χ2v) is 4.98. The third-order valence-electron chi connectivity index (χ3n) is 3.23. The monoisotopic (exact) mass is 326 g/mol. The van der Waals surface area contributed by atoms with Crippen LogP contribution in [0.25, 0.3) is 11.5 Å². The Morgan fingerprint density at radius 3 is 2.58 bits per heavy atom. The number of halogens is 1. The second-order valence-electron chi connectivity index (χ2n) is 4.98. The molecule has 0 saturated heterocycles. The summed E-state index contributed by atoms with van der Waals surface area (Å²) in [6.45, 7) is 0.317. The van der Waals surface area contributed by atoms with E-state index in [1.807, 2.05) is 18.2 Å². The molecule has 3 aromatic rings. The highest BCUT2D eigenvalue weighted by Gasteiger charge is 2.12. The molecule has 0 aliphatic heterocycles. The lowest BCUT2D eigenvalue weighted by atomic mass is 10.2. The highest BCUT2D eigenvalue weighted by molar-refractivity contribution is 5.89. The van der Waals surface area contributed by atoms with Gasteiger partial charge in [-0.15, -0.1) is 10.2 Å². The number of nitrogens with one attached hydrogen (secondary N) is 2. The van der Waals surface area contributed by atoms with Gasteiger partial charge in [-0.05, 0) is 24.3 Å². The first kappa shape index (κ1) is 15.7. The van der Waals surface area contributed by atoms with E-state index in [2.05, 4.69) is 20.8 Å². The van der Waals surface area contributed by atoms with E-state index in [4.69, 9.17) is 4.42 Å². The van der Waals surface area contributed by atoms with Crippen LogP contribution in [0.1, 0.15) is 5.89 Å². The van der Waals surface area contributed by atoms with Crippen molar-refractivity contribution < 1.29 is 13.6 Å². The summed E-state index contributed by atoms with van der Waals surface area (Å²) in [7, 11) is 0. The Morgan fingerprint density at radius 2 is 1.79 bits per heavy atom. The molecule has 122 valence electrons. The molecule has 24 heavy (non-hydrogen) atoms. The molecule has 0 atom stereocenters. The summed E-state index contributed by atoms with van der Waals surface area (Å²) < 4.78 is 19.1. The Kier molecular flexibility index (Phi) is 4.81. The summed E-state index contributed by atoms with van der Waals surface area (Å²) in [6, 6.07) is 15.0. The van der Waals surface area contributed by atoms with Gasteiger partial charge in [-0.2, -0.15) is 0 Å². The van der Waals surface area contributed by atoms with E-state index >= 15 is 0 Å². The summed E-state index contributed by atoms with van der Waals surface area (Å²) in [6.07, 6.45) is 0.351. The van der Waals surface area contributed by atoms with Crippen LogP contribution in [-0.4, -0.2) is 22.8 Å². The highest BCUT2D eigenvalue weighted by atomic mass is 19.1.